The van der Waals surface area contributed by atoms with Crippen LogP contribution in [0.2, 0.25) is 0 Å². The minimum absolute atomic E-state index is 0.00125. The summed E-state index contributed by atoms with van der Waals surface area (Å²) in [5.74, 6) is -11.7. The summed E-state index contributed by atoms with van der Waals surface area (Å²) in [6, 6.07) is 7.51. The fourth-order valence-electron chi connectivity index (χ4n) is 9.06. The molecule has 9 atom stereocenters. The number of H-pyrrole nitrogens is 1. The highest BCUT2D eigenvalue weighted by Crippen LogP contribution is 2.20. The Morgan fingerprint density at radius 3 is 1.71 bits per heavy atom. The van der Waals surface area contributed by atoms with Gasteiger partial charge in [0.2, 0.25) is 53.2 Å². The lowest BCUT2D eigenvalue weighted by atomic mass is 10.0. The van der Waals surface area contributed by atoms with Crippen molar-refractivity contribution in [3.05, 3.63) is 102 Å². The number of guanidine groups is 1. The standard InChI is InChI=1S/C58H80N16O15/c1-30(2)24-42(52(84)66-39(16-11-23-63-57(61)62-5)50(82)68-41(49(60)81)27-35-29-64-38-15-10-9-14-37(35)38)71-58(89)74-73-55(87)44(25-33-12-7-6-8-13-33)70-56(88)48(31(3)75)72-54(86)45(28-46(59)78)69-51(83)40(21-22-47(79)80)67-53(85)43(65-32(4)76)26-34-17-19-36(77)20-18-34/h6-10,12-15,17-20,29-31,39-45,48,64,75,77H,11,16,21-28H2,1-5H3,(H2,59,78)(H2,60,81)(H,65,76)(H,66,84)(H,67,85)(H,68,82)(H,69,83)(H,70,88)(H,72,86)(H,73,87)(H,79,80)(H3,61,62,63)(H2,71,74,89)/t31-,39+,40+,41+,42+,43-,44+,45+,48?/m1/s1. The second-order valence-electron chi connectivity index (χ2n) is 21.4. The number of phenolic OH excluding ortho intramolecular Hbond substituents is 1. The number of rotatable bonds is 34. The van der Waals surface area contributed by atoms with Crippen LogP contribution in [-0.2, 0) is 72.0 Å². The number of nitrogens with two attached hydrogens (primary N) is 2. The van der Waals surface area contributed by atoms with E-state index in [0.29, 0.717) is 16.7 Å². The largest absolute Gasteiger partial charge is 0.508 e. The molecule has 0 aliphatic carbocycles. The maximum atomic E-state index is 14.1. The molecule has 31 nitrogen and oxygen atoms in total. The van der Waals surface area contributed by atoms with E-state index >= 15 is 0 Å². The Labute approximate surface area is 512 Å². The molecule has 482 valence electrons. The van der Waals surface area contributed by atoms with Gasteiger partial charge in [0.1, 0.15) is 54.1 Å². The lowest BCUT2D eigenvalue weighted by molar-refractivity contribution is -0.139. The average molecular weight is 1240 g/mol. The molecule has 4 rings (SSSR count). The number of amides is 12. The number of fused-ring (bicyclic) bond motifs is 1. The van der Waals surface area contributed by atoms with Crippen LogP contribution in [0.25, 0.3) is 10.9 Å². The number of benzene rings is 3. The van der Waals surface area contributed by atoms with E-state index in [1.54, 1.807) is 50.4 Å². The number of hydrogen-bond donors (Lipinski definition) is 19. The molecule has 0 aliphatic rings. The number of aromatic nitrogens is 1. The first-order chi connectivity index (χ1) is 42.1. The van der Waals surface area contributed by atoms with Crippen LogP contribution in [0.5, 0.6) is 5.75 Å². The number of aromatic hydroxyl groups is 1. The normalized spacial score (nSPS) is 14.0. The van der Waals surface area contributed by atoms with Gasteiger partial charge in [-0.25, -0.2) is 10.2 Å². The first-order valence-electron chi connectivity index (χ1n) is 28.4. The number of phenols is 1. The van der Waals surface area contributed by atoms with Gasteiger partial charge in [-0.05, 0) is 73.4 Å². The maximum absolute atomic E-state index is 14.1. The molecule has 0 radical (unpaired) electrons. The number of nitrogens with one attached hydrogen (secondary N) is 14. The van der Waals surface area contributed by atoms with Crippen LogP contribution in [0.4, 0.5) is 4.79 Å². The molecule has 1 aromatic heterocycles. The third-order valence-electron chi connectivity index (χ3n) is 13.6. The number of hydrogen-bond acceptors (Lipinski definition) is 15. The molecule has 21 N–H and O–H groups in total. The van der Waals surface area contributed by atoms with Gasteiger partial charge in [0.25, 0.3) is 5.91 Å². The predicted octanol–water partition coefficient (Wildman–Crippen LogP) is -2.81. The van der Waals surface area contributed by atoms with E-state index in [-0.39, 0.29) is 62.7 Å². The third kappa shape index (κ3) is 24.5. The number of aromatic amines is 1. The van der Waals surface area contributed by atoms with Crippen molar-refractivity contribution in [2.24, 2.45) is 17.4 Å². The van der Waals surface area contributed by atoms with E-state index in [9.17, 15) is 72.9 Å². The van der Waals surface area contributed by atoms with Crippen LogP contribution >= 0.6 is 0 Å². The van der Waals surface area contributed by atoms with Gasteiger partial charge in [-0.1, -0.05) is 74.5 Å². The van der Waals surface area contributed by atoms with Gasteiger partial charge in [-0.2, -0.15) is 0 Å². The monoisotopic (exact) mass is 1240 g/mol. The summed E-state index contributed by atoms with van der Waals surface area (Å²) >= 11 is 0. The number of primary amides is 2. The van der Waals surface area contributed by atoms with Crippen LogP contribution in [0, 0.1) is 11.3 Å². The number of carbonyl (C=O) groups excluding carboxylic acids is 11. The molecule has 0 fully saturated rings. The number of aliphatic hydroxyl groups excluding tert-OH is 1. The quantitative estimate of drug-likeness (QED) is 0.00971. The lowest BCUT2D eigenvalue weighted by Crippen LogP contribution is -2.62. The minimum Gasteiger partial charge on any atom is -0.508 e. The van der Waals surface area contributed by atoms with Crippen molar-refractivity contribution in [1.82, 2.24) is 69.0 Å². The number of aliphatic carboxylic acids is 1. The highest BCUT2D eigenvalue weighted by molar-refractivity contribution is 5.99. The van der Waals surface area contributed by atoms with E-state index < -0.39 is 145 Å². The van der Waals surface area contributed by atoms with Crippen molar-refractivity contribution in [1.29, 1.82) is 5.41 Å². The number of para-hydroxylation sites is 1. The van der Waals surface area contributed by atoms with E-state index in [0.717, 1.165) is 24.8 Å². The van der Waals surface area contributed by atoms with E-state index in [2.05, 4.69) is 69.0 Å². The zero-order chi connectivity index (χ0) is 65.9. The number of carboxylic acid groups (broad SMARTS) is 1. The van der Waals surface area contributed by atoms with E-state index in [1.165, 1.54) is 31.3 Å². The molecule has 12 amide bonds. The SMILES string of the molecule is CNC(=N)NCCC[C@H](NC(=O)[C@H](CC(C)C)NC(=O)NNC(=O)[C@H](Cc1ccccc1)NC(=O)C(NC(=O)[C@H](CC(N)=O)NC(=O)[C@H](CCC(=O)O)NC(=O)[C@@H](Cc1ccc(O)cc1)NC(C)=O)[C@@H](C)O)C(=O)N[C@@H](Cc1c[nH]c2ccccc12)C(N)=O. The zero-order valence-corrected chi connectivity index (χ0v) is 49.8. The van der Waals surface area contributed by atoms with Crippen molar-refractivity contribution in [3.63, 3.8) is 0 Å². The van der Waals surface area contributed by atoms with Gasteiger partial charge in [-0.3, -0.25) is 63.6 Å². The summed E-state index contributed by atoms with van der Waals surface area (Å²) in [4.78, 5) is 163. The van der Waals surface area contributed by atoms with Crippen molar-refractivity contribution in [3.8, 4) is 5.75 Å². The minimum atomic E-state index is -1.95. The highest BCUT2D eigenvalue weighted by atomic mass is 16.4. The van der Waals surface area contributed by atoms with Crippen molar-refractivity contribution in [2.45, 2.75) is 140 Å². The summed E-state index contributed by atoms with van der Waals surface area (Å²) in [6.07, 6.45) is -2.47. The van der Waals surface area contributed by atoms with Gasteiger partial charge in [-0.15, -0.1) is 0 Å². The first kappa shape index (κ1) is 71.2. The van der Waals surface area contributed by atoms with Crippen LogP contribution in [0.1, 0.15) is 82.9 Å². The molecule has 0 bridgehead atoms. The van der Waals surface area contributed by atoms with Crippen LogP contribution in [0.3, 0.4) is 0 Å². The van der Waals surface area contributed by atoms with Gasteiger partial charge < -0.3 is 84.9 Å². The topological polar surface area (TPSA) is 502 Å². The average Bonchev–Trinajstić information content (AvgIpc) is 2.47. The summed E-state index contributed by atoms with van der Waals surface area (Å²) in [5.41, 5.74) is 18.0. The molecule has 4 aromatic rings. The van der Waals surface area contributed by atoms with Gasteiger partial charge in [0, 0.05) is 63.3 Å². The fraction of sp³-hybridized carbons (Fsp3) is 0.431. The lowest BCUT2D eigenvalue weighted by Gasteiger charge is -2.28. The Morgan fingerprint density at radius 1 is 0.584 bits per heavy atom. The number of hydrazine groups is 1. The molecule has 31 heteroatoms. The summed E-state index contributed by atoms with van der Waals surface area (Å²) in [5, 5.41) is 63.6. The van der Waals surface area contributed by atoms with Crippen LogP contribution in [-0.4, -0.2) is 165 Å². The Hall–Kier alpha value is -10.3. The number of urea groups is 1. The third-order valence-corrected chi connectivity index (χ3v) is 13.6. The molecule has 89 heavy (non-hydrogen) atoms. The molecule has 0 saturated heterocycles. The Morgan fingerprint density at radius 2 is 1.12 bits per heavy atom. The molecule has 1 heterocycles. The van der Waals surface area contributed by atoms with Gasteiger partial charge in [0.15, 0.2) is 5.96 Å². The van der Waals surface area contributed by atoms with Crippen LogP contribution < -0.4 is 75.5 Å². The Kier molecular flexibility index (Phi) is 28.2. The Balaban J connectivity index is 1.50. The molecule has 0 aliphatic heterocycles. The zero-order valence-electron chi connectivity index (χ0n) is 49.8. The smallest absolute Gasteiger partial charge is 0.334 e. The summed E-state index contributed by atoms with van der Waals surface area (Å²) in [7, 11) is 1.53. The maximum Gasteiger partial charge on any atom is 0.334 e. The number of carbonyl (C=O) groups is 12. The van der Waals surface area contributed by atoms with E-state index in [4.69, 9.17) is 16.9 Å². The molecular weight excluding hydrogens is 1160 g/mol. The van der Waals surface area contributed by atoms with Crippen molar-refractivity contribution < 1.29 is 72.9 Å². The molecule has 0 spiro atoms. The highest BCUT2D eigenvalue weighted by Gasteiger charge is 2.36. The van der Waals surface area contributed by atoms with E-state index in [1.807, 2.05) is 24.3 Å². The van der Waals surface area contributed by atoms with Gasteiger partial charge >= 0.3 is 12.0 Å². The molecule has 1 unspecified atom stereocenters. The van der Waals surface area contributed by atoms with Crippen molar-refractivity contribution >= 4 is 87.9 Å². The van der Waals surface area contributed by atoms with Gasteiger partial charge in [0.05, 0.1) is 12.5 Å². The Bertz CT molecular complexity index is 3140. The summed E-state index contributed by atoms with van der Waals surface area (Å²) in [6.45, 7) is 5.91. The number of aliphatic hydroxyl groups is 1. The predicted molar refractivity (Wildman–Crippen MR) is 322 cm³/mol. The number of carboxylic acids is 1. The second kappa shape index (κ2) is 35.3. The molecule has 3 aromatic carbocycles. The fourth-order valence-corrected chi connectivity index (χ4v) is 9.06. The first-order valence-corrected chi connectivity index (χ1v) is 28.4. The molecule has 0 saturated carbocycles. The van der Waals surface area contributed by atoms with Crippen molar-refractivity contribution in [2.75, 3.05) is 13.6 Å². The van der Waals surface area contributed by atoms with Crippen LogP contribution in [0.15, 0.2) is 85.1 Å². The molecular formula is C58H80N16O15. The summed E-state index contributed by atoms with van der Waals surface area (Å²) < 4.78 is 0. The second-order valence-corrected chi connectivity index (χ2v) is 21.4.